The number of nitrogens with zero attached hydrogens (tertiary/aromatic N) is 3. The molecule has 2 N–H and O–H groups in total. The number of hydrogen-bond donors (Lipinski definition) is 2. The maximum atomic E-state index is 14.0. The Labute approximate surface area is 157 Å². The average molecular weight is 369 g/mol. The number of benzene rings is 2. The smallest absolute Gasteiger partial charge is 0.229 e. The highest BCUT2D eigenvalue weighted by atomic mass is 19.1. The van der Waals surface area contributed by atoms with Crippen LogP contribution >= 0.6 is 0 Å². The Morgan fingerprint density at radius 2 is 1.63 bits per heavy atom. The summed E-state index contributed by atoms with van der Waals surface area (Å²) in [6.45, 7) is 1.49. The van der Waals surface area contributed by atoms with Crippen molar-refractivity contribution in [1.29, 1.82) is 0 Å². The Morgan fingerprint density at radius 1 is 0.926 bits per heavy atom. The van der Waals surface area contributed by atoms with Gasteiger partial charge in [0, 0.05) is 24.7 Å². The van der Waals surface area contributed by atoms with Crippen molar-refractivity contribution in [3.8, 4) is 11.3 Å². The Kier molecular flexibility index (Phi) is 5.93. The van der Waals surface area contributed by atoms with Crippen molar-refractivity contribution in [1.82, 2.24) is 14.9 Å². The molecule has 2 aromatic carbocycles. The third-order valence-electron chi connectivity index (χ3n) is 3.86. The Balaban J connectivity index is 1.94. The van der Waals surface area contributed by atoms with Gasteiger partial charge < -0.3 is 15.5 Å². The molecule has 0 aliphatic rings. The topological polar surface area (TPSA) is 53.1 Å². The first kappa shape index (κ1) is 18.7. The molecule has 0 amide bonds. The van der Waals surface area contributed by atoms with Gasteiger partial charge in [0.25, 0.3) is 0 Å². The minimum atomic E-state index is -0.703. The molecule has 3 aromatic rings. The number of anilines is 3. The zero-order valence-corrected chi connectivity index (χ0v) is 15.2. The SMILES string of the molecule is CN(C)CCNc1cc(-c2ccccc2)nc(Nc2c(F)cccc2F)n1. The van der Waals surface area contributed by atoms with E-state index in [9.17, 15) is 8.78 Å². The molecule has 0 saturated heterocycles. The highest BCUT2D eigenvalue weighted by molar-refractivity contribution is 5.66. The molecule has 0 radical (unpaired) electrons. The maximum absolute atomic E-state index is 14.0. The van der Waals surface area contributed by atoms with Gasteiger partial charge in [0.1, 0.15) is 23.1 Å². The summed E-state index contributed by atoms with van der Waals surface area (Å²) >= 11 is 0. The third kappa shape index (κ3) is 4.98. The molecule has 0 spiro atoms. The van der Waals surface area contributed by atoms with Crippen molar-refractivity contribution in [2.45, 2.75) is 0 Å². The lowest BCUT2D eigenvalue weighted by Gasteiger charge is -2.14. The highest BCUT2D eigenvalue weighted by Gasteiger charge is 2.12. The van der Waals surface area contributed by atoms with E-state index in [2.05, 4.69) is 20.6 Å². The summed E-state index contributed by atoms with van der Waals surface area (Å²) in [5, 5.41) is 5.89. The minimum absolute atomic E-state index is 0.118. The fraction of sp³-hybridized carbons (Fsp3) is 0.200. The van der Waals surface area contributed by atoms with Crippen LogP contribution in [0.5, 0.6) is 0 Å². The zero-order chi connectivity index (χ0) is 19.2. The molecule has 1 aromatic heterocycles. The van der Waals surface area contributed by atoms with Crippen LogP contribution in [0.1, 0.15) is 0 Å². The van der Waals surface area contributed by atoms with E-state index in [0.717, 1.165) is 12.1 Å². The van der Waals surface area contributed by atoms with Crippen molar-refractivity contribution in [2.24, 2.45) is 0 Å². The van der Waals surface area contributed by atoms with Crippen molar-refractivity contribution in [2.75, 3.05) is 37.8 Å². The fourth-order valence-corrected chi connectivity index (χ4v) is 2.49. The Hall–Kier alpha value is -3.06. The largest absolute Gasteiger partial charge is 0.369 e. The summed E-state index contributed by atoms with van der Waals surface area (Å²) in [4.78, 5) is 10.8. The molecule has 0 aliphatic heterocycles. The van der Waals surface area contributed by atoms with E-state index in [4.69, 9.17) is 0 Å². The molecule has 0 fully saturated rings. The van der Waals surface area contributed by atoms with E-state index in [-0.39, 0.29) is 11.6 Å². The molecule has 140 valence electrons. The lowest BCUT2D eigenvalue weighted by Crippen LogP contribution is -2.21. The second-order valence-electron chi connectivity index (χ2n) is 6.28. The monoisotopic (exact) mass is 369 g/mol. The number of aromatic nitrogens is 2. The minimum Gasteiger partial charge on any atom is -0.369 e. The third-order valence-corrected chi connectivity index (χ3v) is 3.86. The normalized spacial score (nSPS) is 10.9. The van der Waals surface area contributed by atoms with Gasteiger partial charge in [-0.15, -0.1) is 0 Å². The molecule has 1 heterocycles. The van der Waals surface area contributed by atoms with Crippen LogP contribution in [0.4, 0.5) is 26.2 Å². The first-order valence-corrected chi connectivity index (χ1v) is 8.57. The van der Waals surface area contributed by atoms with Gasteiger partial charge >= 0.3 is 0 Å². The quantitative estimate of drug-likeness (QED) is 0.656. The van der Waals surface area contributed by atoms with Crippen molar-refractivity contribution in [3.63, 3.8) is 0 Å². The van der Waals surface area contributed by atoms with Gasteiger partial charge in [-0.05, 0) is 26.2 Å². The van der Waals surface area contributed by atoms with Crippen LogP contribution < -0.4 is 10.6 Å². The van der Waals surface area contributed by atoms with Crippen molar-refractivity contribution < 1.29 is 8.78 Å². The summed E-state index contributed by atoms with van der Waals surface area (Å²) < 4.78 is 27.9. The van der Waals surface area contributed by atoms with Crippen LogP contribution in [0.3, 0.4) is 0 Å². The number of rotatable bonds is 7. The molecule has 0 bridgehead atoms. The van der Waals surface area contributed by atoms with Crippen molar-refractivity contribution >= 4 is 17.5 Å². The number of para-hydroxylation sites is 1. The second-order valence-corrected chi connectivity index (χ2v) is 6.28. The predicted molar refractivity (Wildman–Crippen MR) is 104 cm³/mol. The van der Waals surface area contributed by atoms with Crippen LogP contribution in [0.25, 0.3) is 11.3 Å². The van der Waals surface area contributed by atoms with E-state index < -0.39 is 11.6 Å². The second kappa shape index (κ2) is 8.55. The number of halogens is 2. The number of likely N-dealkylation sites (N-methyl/N-ethyl adjacent to an activating group) is 1. The molecule has 5 nitrogen and oxygen atoms in total. The van der Waals surface area contributed by atoms with Gasteiger partial charge in [-0.3, -0.25) is 0 Å². The molecule has 0 saturated carbocycles. The predicted octanol–water partition coefficient (Wildman–Crippen LogP) is 4.14. The van der Waals surface area contributed by atoms with Gasteiger partial charge in [0.2, 0.25) is 5.95 Å². The van der Waals surface area contributed by atoms with Gasteiger partial charge in [-0.2, -0.15) is 4.98 Å². The summed E-state index contributed by atoms with van der Waals surface area (Å²) in [5.41, 5.74) is 1.26. The first-order chi connectivity index (χ1) is 13.0. The van der Waals surface area contributed by atoms with Gasteiger partial charge in [0.05, 0.1) is 5.69 Å². The van der Waals surface area contributed by atoms with Gasteiger partial charge in [-0.25, -0.2) is 13.8 Å². The Bertz CT molecular complexity index is 880. The highest BCUT2D eigenvalue weighted by Crippen LogP contribution is 2.25. The van der Waals surface area contributed by atoms with E-state index in [1.165, 1.54) is 18.2 Å². The molecule has 3 rings (SSSR count). The molecular weight excluding hydrogens is 348 g/mol. The maximum Gasteiger partial charge on any atom is 0.229 e. The lowest BCUT2D eigenvalue weighted by atomic mass is 10.1. The molecule has 27 heavy (non-hydrogen) atoms. The molecule has 0 unspecified atom stereocenters. The molecule has 0 aliphatic carbocycles. The van der Waals surface area contributed by atoms with E-state index in [1.54, 1.807) is 0 Å². The number of nitrogens with one attached hydrogen (secondary N) is 2. The van der Waals surface area contributed by atoms with Gasteiger partial charge in [0.15, 0.2) is 0 Å². The summed E-state index contributed by atoms with van der Waals surface area (Å²) in [5.74, 6) is -0.714. The van der Waals surface area contributed by atoms with E-state index in [1.807, 2.05) is 55.4 Å². The lowest BCUT2D eigenvalue weighted by molar-refractivity contribution is 0.425. The van der Waals surface area contributed by atoms with Crippen LogP contribution in [-0.4, -0.2) is 42.1 Å². The summed E-state index contributed by atoms with van der Waals surface area (Å²) in [6.07, 6.45) is 0. The molecular formula is C20H21F2N5. The van der Waals surface area contributed by atoms with Crippen LogP contribution in [0, 0.1) is 11.6 Å². The standard InChI is InChI=1S/C20H21F2N5/c1-27(2)12-11-23-18-13-17(14-7-4-3-5-8-14)24-20(25-18)26-19-15(21)9-6-10-16(19)22/h3-10,13H,11-12H2,1-2H3,(H2,23,24,25,26). The van der Waals surface area contributed by atoms with Crippen LogP contribution in [-0.2, 0) is 0 Å². The van der Waals surface area contributed by atoms with Crippen LogP contribution in [0.2, 0.25) is 0 Å². The van der Waals surface area contributed by atoms with E-state index >= 15 is 0 Å². The molecule has 7 heteroatoms. The zero-order valence-electron chi connectivity index (χ0n) is 15.2. The van der Waals surface area contributed by atoms with Crippen molar-refractivity contribution in [3.05, 3.63) is 66.2 Å². The van der Waals surface area contributed by atoms with Crippen LogP contribution in [0.15, 0.2) is 54.6 Å². The fourth-order valence-electron chi connectivity index (χ4n) is 2.49. The Morgan fingerprint density at radius 3 is 2.30 bits per heavy atom. The molecule has 0 atom stereocenters. The van der Waals surface area contributed by atoms with Gasteiger partial charge in [-0.1, -0.05) is 36.4 Å². The number of hydrogen-bond acceptors (Lipinski definition) is 5. The van der Waals surface area contributed by atoms with E-state index in [0.29, 0.717) is 18.1 Å². The average Bonchev–Trinajstić information content (AvgIpc) is 2.65. The summed E-state index contributed by atoms with van der Waals surface area (Å²) in [7, 11) is 3.95. The summed E-state index contributed by atoms with van der Waals surface area (Å²) in [6, 6.07) is 15.0. The first-order valence-electron chi connectivity index (χ1n) is 8.57.